The van der Waals surface area contributed by atoms with Crippen molar-refractivity contribution in [3.05, 3.63) is 84.9 Å². The fourth-order valence-corrected chi connectivity index (χ4v) is 7.44. The summed E-state index contributed by atoms with van der Waals surface area (Å²) >= 11 is -1.47. The average Bonchev–Trinajstić information content (AvgIpc) is 2.57. The molecule has 23 heavy (non-hydrogen) atoms. The molecule has 116 valence electrons. The van der Waals surface area contributed by atoms with E-state index in [1.165, 1.54) is 18.7 Å². The third-order valence-corrected chi connectivity index (χ3v) is 9.04. The van der Waals surface area contributed by atoms with E-state index < -0.39 is 14.7 Å². The van der Waals surface area contributed by atoms with Crippen molar-refractivity contribution in [2.75, 3.05) is 21.1 Å². The standard InChI is InChI=1S/C21H23AsN/c1-23(2,3)21-16-14-20(15-17-21)22(18-10-6-4-7-11-18)19-12-8-5-9-13-19/h4-17H,1-3H3/q+1. The van der Waals surface area contributed by atoms with Gasteiger partial charge in [-0.2, -0.15) is 0 Å². The summed E-state index contributed by atoms with van der Waals surface area (Å²) in [7, 11) is 6.62. The molecule has 0 saturated carbocycles. The molecule has 0 fully saturated rings. The Morgan fingerprint density at radius 1 is 0.522 bits per heavy atom. The minimum absolute atomic E-state index is 0.851. The van der Waals surface area contributed by atoms with Gasteiger partial charge in [0.15, 0.2) is 0 Å². The fourth-order valence-electron chi connectivity index (χ4n) is 2.65. The molecular weight excluding hydrogens is 341 g/mol. The number of rotatable bonds is 4. The van der Waals surface area contributed by atoms with Crippen LogP contribution in [-0.2, 0) is 0 Å². The Labute approximate surface area is 144 Å². The van der Waals surface area contributed by atoms with Gasteiger partial charge in [-0.05, 0) is 0 Å². The molecule has 0 aliphatic carbocycles. The van der Waals surface area contributed by atoms with Crippen molar-refractivity contribution < 1.29 is 0 Å². The van der Waals surface area contributed by atoms with Gasteiger partial charge in [0.2, 0.25) is 0 Å². The monoisotopic (exact) mass is 364 g/mol. The number of quaternary nitrogens is 1. The van der Waals surface area contributed by atoms with Gasteiger partial charge in [-0.3, -0.25) is 0 Å². The molecule has 0 saturated heterocycles. The fraction of sp³-hybridized carbons (Fsp3) is 0.143. The summed E-state index contributed by atoms with van der Waals surface area (Å²) in [6.07, 6.45) is 0. The predicted molar refractivity (Wildman–Crippen MR) is 104 cm³/mol. The van der Waals surface area contributed by atoms with E-state index >= 15 is 0 Å². The Kier molecular flexibility index (Phi) is 4.71. The zero-order valence-corrected chi connectivity index (χ0v) is 15.9. The van der Waals surface area contributed by atoms with Gasteiger partial charge < -0.3 is 0 Å². The van der Waals surface area contributed by atoms with E-state index in [2.05, 4.69) is 106 Å². The first-order valence-electron chi connectivity index (χ1n) is 7.88. The van der Waals surface area contributed by atoms with Crippen molar-refractivity contribution in [3.63, 3.8) is 0 Å². The SMILES string of the molecule is C[N+](C)(C)c1ccc([As](c2ccccc2)c2ccccc2)cc1. The Balaban J connectivity index is 2.06. The molecule has 2 heteroatoms. The van der Waals surface area contributed by atoms with Crippen LogP contribution >= 0.6 is 0 Å². The Morgan fingerprint density at radius 2 is 0.913 bits per heavy atom. The van der Waals surface area contributed by atoms with E-state index in [1.807, 2.05) is 0 Å². The first kappa shape index (κ1) is 16.1. The zero-order valence-electron chi connectivity index (χ0n) is 14.0. The molecule has 0 aliphatic heterocycles. The maximum atomic E-state index is 2.33. The van der Waals surface area contributed by atoms with Crippen LogP contribution in [0.3, 0.4) is 0 Å². The Bertz CT molecular complexity index is 704. The van der Waals surface area contributed by atoms with Gasteiger partial charge in [-0.25, -0.2) is 0 Å². The van der Waals surface area contributed by atoms with E-state index in [0.29, 0.717) is 0 Å². The van der Waals surface area contributed by atoms with E-state index in [0.717, 1.165) is 4.48 Å². The summed E-state index contributed by atoms with van der Waals surface area (Å²) in [5.41, 5.74) is 1.34. The van der Waals surface area contributed by atoms with Crippen LogP contribution in [0.25, 0.3) is 0 Å². The van der Waals surface area contributed by atoms with Crippen LogP contribution < -0.4 is 17.5 Å². The third-order valence-electron chi connectivity index (χ3n) is 3.91. The van der Waals surface area contributed by atoms with Crippen LogP contribution in [0.15, 0.2) is 84.9 Å². The van der Waals surface area contributed by atoms with Crippen molar-refractivity contribution in [1.82, 2.24) is 4.48 Å². The summed E-state index contributed by atoms with van der Waals surface area (Å²) in [5, 5.41) is 0. The number of hydrogen-bond donors (Lipinski definition) is 0. The Hall–Kier alpha value is -1.82. The molecule has 0 atom stereocenters. The van der Waals surface area contributed by atoms with E-state index in [4.69, 9.17) is 0 Å². The molecule has 3 rings (SSSR count). The van der Waals surface area contributed by atoms with Crippen molar-refractivity contribution in [2.24, 2.45) is 0 Å². The van der Waals surface area contributed by atoms with Gasteiger partial charge in [-0.1, -0.05) is 0 Å². The summed E-state index contributed by atoms with van der Waals surface area (Å²) in [4.78, 5) is 0. The molecule has 0 aromatic heterocycles. The van der Waals surface area contributed by atoms with Gasteiger partial charge in [0, 0.05) is 0 Å². The summed E-state index contributed by atoms with van der Waals surface area (Å²) in [6.45, 7) is 0. The zero-order chi connectivity index (χ0) is 16.3. The molecule has 3 aromatic rings. The van der Waals surface area contributed by atoms with Crippen molar-refractivity contribution in [3.8, 4) is 0 Å². The summed E-state index contributed by atoms with van der Waals surface area (Å²) in [6, 6.07) is 31.1. The topological polar surface area (TPSA) is 0 Å². The molecular formula is C21H23AsN+. The molecule has 3 aromatic carbocycles. The minimum atomic E-state index is -1.47. The average molecular weight is 364 g/mol. The van der Waals surface area contributed by atoms with Crippen LogP contribution in [0, 0.1) is 0 Å². The number of hydrogen-bond acceptors (Lipinski definition) is 0. The maximum absolute atomic E-state index is 2.33. The predicted octanol–water partition coefficient (Wildman–Crippen LogP) is 2.40. The number of benzene rings is 3. The van der Waals surface area contributed by atoms with Crippen LogP contribution in [0.4, 0.5) is 5.69 Å². The normalized spacial score (nSPS) is 11.7. The van der Waals surface area contributed by atoms with Crippen molar-refractivity contribution >= 4 is 33.4 Å². The van der Waals surface area contributed by atoms with Crippen LogP contribution in [0.1, 0.15) is 0 Å². The van der Waals surface area contributed by atoms with Crippen molar-refractivity contribution in [1.29, 1.82) is 0 Å². The second-order valence-corrected chi connectivity index (χ2v) is 11.2. The Morgan fingerprint density at radius 3 is 1.30 bits per heavy atom. The molecule has 0 radical (unpaired) electrons. The van der Waals surface area contributed by atoms with E-state index in [1.54, 1.807) is 0 Å². The third kappa shape index (κ3) is 3.75. The summed E-state index contributed by atoms with van der Waals surface area (Å²) in [5.74, 6) is 0. The molecule has 0 N–H and O–H groups in total. The molecule has 1 nitrogen and oxygen atoms in total. The van der Waals surface area contributed by atoms with Gasteiger partial charge in [0.05, 0.1) is 0 Å². The summed E-state index contributed by atoms with van der Waals surface area (Å²) < 4.78 is 5.28. The quantitative estimate of drug-likeness (QED) is 0.493. The van der Waals surface area contributed by atoms with Gasteiger partial charge in [0.25, 0.3) is 0 Å². The van der Waals surface area contributed by atoms with Crippen LogP contribution in [0.2, 0.25) is 0 Å². The second kappa shape index (κ2) is 6.74. The molecule has 0 heterocycles. The van der Waals surface area contributed by atoms with Crippen LogP contribution in [-0.4, -0.2) is 35.8 Å². The first-order valence-corrected chi connectivity index (χ1v) is 10.7. The first-order chi connectivity index (χ1) is 11.1. The van der Waals surface area contributed by atoms with E-state index in [9.17, 15) is 0 Å². The molecule has 0 bridgehead atoms. The molecule has 0 unspecified atom stereocenters. The van der Waals surface area contributed by atoms with Gasteiger partial charge in [0.1, 0.15) is 0 Å². The second-order valence-electron chi connectivity index (χ2n) is 6.54. The van der Waals surface area contributed by atoms with Gasteiger partial charge in [-0.15, -0.1) is 0 Å². The molecule has 0 aliphatic rings. The molecule has 0 amide bonds. The number of nitrogens with zero attached hydrogens (tertiary/aromatic N) is 1. The molecule has 0 spiro atoms. The van der Waals surface area contributed by atoms with Gasteiger partial charge >= 0.3 is 144 Å². The van der Waals surface area contributed by atoms with Crippen molar-refractivity contribution in [2.45, 2.75) is 0 Å². The van der Waals surface area contributed by atoms with E-state index in [-0.39, 0.29) is 0 Å². The van der Waals surface area contributed by atoms with Crippen LogP contribution in [0.5, 0.6) is 0 Å².